The van der Waals surface area contributed by atoms with Crippen LogP contribution in [0.4, 0.5) is 0 Å². The first-order chi connectivity index (χ1) is 7.72. The van der Waals surface area contributed by atoms with Crippen LogP contribution >= 0.6 is 0 Å². The first-order valence-electron chi connectivity index (χ1n) is 7.23. The standard InChI is InChI=1S/C14H28N2/c1-3-10-16(11(2)12-4-5-12)14-8-6-13(15)7-9-14/h11-14H,3-10,15H2,1-2H3. The molecule has 2 heteroatoms. The topological polar surface area (TPSA) is 29.3 Å². The summed E-state index contributed by atoms with van der Waals surface area (Å²) in [4.78, 5) is 2.80. The summed E-state index contributed by atoms with van der Waals surface area (Å²) in [7, 11) is 0. The van der Waals surface area contributed by atoms with E-state index in [2.05, 4.69) is 18.7 Å². The molecule has 2 saturated carbocycles. The number of nitrogens with zero attached hydrogens (tertiary/aromatic N) is 1. The summed E-state index contributed by atoms with van der Waals surface area (Å²) in [5.41, 5.74) is 6.00. The molecule has 0 aromatic carbocycles. The minimum absolute atomic E-state index is 0.482. The van der Waals surface area contributed by atoms with E-state index in [9.17, 15) is 0 Å². The quantitative estimate of drug-likeness (QED) is 0.778. The highest BCUT2D eigenvalue weighted by Gasteiger charge is 2.35. The fourth-order valence-electron chi connectivity index (χ4n) is 3.26. The highest BCUT2D eigenvalue weighted by atomic mass is 15.2. The van der Waals surface area contributed by atoms with Gasteiger partial charge in [0.05, 0.1) is 0 Å². The summed E-state index contributed by atoms with van der Waals surface area (Å²) in [5, 5.41) is 0. The Balaban J connectivity index is 1.89. The van der Waals surface area contributed by atoms with Gasteiger partial charge in [-0.25, -0.2) is 0 Å². The van der Waals surface area contributed by atoms with Crippen molar-refractivity contribution in [3.63, 3.8) is 0 Å². The van der Waals surface area contributed by atoms with Crippen LogP contribution in [0.1, 0.15) is 58.8 Å². The third-order valence-electron chi connectivity index (χ3n) is 4.52. The van der Waals surface area contributed by atoms with E-state index < -0.39 is 0 Å². The summed E-state index contributed by atoms with van der Waals surface area (Å²) in [6.07, 6.45) is 9.36. The second-order valence-corrected chi connectivity index (χ2v) is 5.88. The van der Waals surface area contributed by atoms with Gasteiger partial charge in [0.25, 0.3) is 0 Å². The molecule has 2 N–H and O–H groups in total. The Morgan fingerprint density at radius 1 is 1.12 bits per heavy atom. The van der Waals surface area contributed by atoms with Crippen molar-refractivity contribution in [2.75, 3.05) is 6.54 Å². The third kappa shape index (κ3) is 2.98. The average molecular weight is 224 g/mol. The zero-order valence-electron chi connectivity index (χ0n) is 11.0. The maximum absolute atomic E-state index is 6.00. The van der Waals surface area contributed by atoms with E-state index >= 15 is 0 Å². The maximum atomic E-state index is 6.00. The summed E-state index contributed by atoms with van der Waals surface area (Å²) in [6, 6.07) is 2.13. The van der Waals surface area contributed by atoms with Crippen LogP contribution in [0, 0.1) is 5.92 Å². The highest BCUT2D eigenvalue weighted by Crippen LogP contribution is 2.37. The van der Waals surface area contributed by atoms with E-state index in [0.29, 0.717) is 6.04 Å². The number of hydrogen-bond donors (Lipinski definition) is 1. The molecule has 0 radical (unpaired) electrons. The van der Waals surface area contributed by atoms with Gasteiger partial charge in [0.15, 0.2) is 0 Å². The van der Waals surface area contributed by atoms with Crippen LogP contribution < -0.4 is 5.73 Å². The summed E-state index contributed by atoms with van der Waals surface area (Å²) in [5.74, 6) is 1.00. The lowest BCUT2D eigenvalue weighted by atomic mass is 9.89. The molecule has 0 aromatic rings. The lowest BCUT2D eigenvalue weighted by Gasteiger charge is -2.40. The maximum Gasteiger partial charge on any atom is 0.00993 e. The molecule has 2 aliphatic rings. The van der Waals surface area contributed by atoms with Crippen molar-refractivity contribution in [2.45, 2.75) is 76.9 Å². The monoisotopic (exact) mass is 224 g/mol. The third-order valence-corrected chi connectivity index (χ3v) is 4.52. The average Bonchev–Trinajstić information content (AvgIpc) is 3.10. The first kappa shape index (κ1) is 12.4. The van der Waals surface area contributed by atoms with E-state index in [1.807, 2.05) is 0 Å². The Kier molecular flexibility index (Phi) is 4.26. The largest absolute Gasteiger partial charge is 0.328 e. The number of rotatable bonds is 5. The normalized spacial score (nSPS) is 33.0. The lowest BCUT2D eigenvalue weighted by molar-refractivity contribution is 0.0963. The van der Waals surface area contributed by atoms with Crippen molar-refractivity contribution in [3.05, 3.63) is 0 Å². The second kappa shape index (κ2) is 5.50. The summed E-state index contributed by atoms with van der Waals surface area (Å²) in [6.45, 7) is 6.04. The molecule has 0 spiro atoms. The molecular formula is C14H28N2. The first-order valence-corrected chi connectivity index (χ1v) is 7.23. The van der Waals surface area contributed by atoms with Crippen molar-refractivity contribution in [3.8, 4) is 0 Å². The summed E-state index contributed by atoms with van der Waals surface area (Å²) >= 11 is 0. The molecule has 2 rings (SSSR count). The predicted octanol–water partition coefficient (Wildman–Crippen LogP) is 2.77. The zero-order valence-corrected chi connectivity index (χ0v) is 11.0. The molecule has 0 bridgehead atoms. The molecule has 1 atom stereocenters. The van der Waals surface area contributed by atoms with E-state index in [1.54, 1.807) is 0 Å². The molecule has 1 unspecified atom stereocenters. The number of nitrogens with two attached hydrogens (primary N) is 1. The fraction of sp³-hybridized carbons (Fsp3) is 1.00. The van der Waals surface area contributed by atoms with Gasteiger partial charge in [0.1, 0.15) is 0 Å². The van der Waals surface area contributed by atoms with Crippen molar-refractivity contribution in [1.82, 2.24) is 4.90 Å². The molecule has 0 heterocycles. The van der Waals surface area contributed by atoms with Gasteiger partial charge < -0.3 is 5.73 Å². The second-order valence-electron chi connectivity index (χ2n) is 5.88. The minimum Gasteiger partial charge on any atom is -0.328 e. The van der Waals surface area contributed by atoms with E-state index in [1.165, 1.54) is 51.5 Å². The molecule has 0 amide bonds. The van der Waals surface area contributed by atoms with Gasteiger partial charge in [-0.05, 0) is 64.3 Å². The smallest absolute Gasteiger partial charge is 0.00993 e. The van der Waals surface area contributed by atoms with Crippen molar-refractivity contribution < 1.29 is 0 Å². The van der Waals surface area contributed by atoms with E-state index in [0.717, 1.165) is 18.0 Å². The molecule has 0 aliphatic heterocycles. The van der Waals surface area contributed by atoms with Crippen LogP contribution in [0.15, 0.2) is 0 Å². The molecular weight excluding hydrogens is 196 g/mol. The number of hydrogen-bond acceptors (Lipinski definition) is 2. The van der Waals surface area contributed by atoms with Crippen LogP contribution in [-0.2, 0) is 0 Å². The van der Waals surface area contributed by atoms with Gasteiger partial charge in [-0.3, -0.25) is 4.90 Å². The fourth-order valence-corrected chi connectivity index (χ4v) is 3.26. The van der Waals surface area contributed by atoms with Crippen LogP contribution in [-0.4, -0.2) is 29.6 Å². The van der Waals surface area contributed by atoms with Gasteiger partial charge in [-0.1, -0.05) is 6.92 Å². The lowest BCUT2D eigenvalue weighted by Crippen LogP contribution is -2.46. The van der Waals surface area contributed by atoms with Crippen molar-refractivity contribution in [1.29, 1.82) is 0 Å². The van der Waals surface area contributed by atoms with Gasteiger partial charge >= 0.3 is 0 Å². The van der Waals surface area contributed by atoms with Crippen LogP contribution in [0.25, 0.3) is 0 Å². The summed E-state index contributed by atoms with van der Waals surface area (Å²) < 4.78 is 0. The highest BCUT2D eigenvalue weighted by molar-refractivity contribution is 4.90. The Morgan fingerprint density at radius 3 is 2.25 bits per heavy atom. The van der Waals surface area contributed by atoms with Gasteiger partial charge in [-0.15, -0.1) is 0 Å². The Bertz CT molecular complexity index is 205. The predicted molar refractivity (Wildman–Crippen MR) is 69.4 cm³/mol. The molecule has 2 fully saturated rings. The van der Waals surface area contributed by atoms with Crippen molar-refractivity contribution >= 4 is 0 Å². The van der Waals surface area contributed by atoms with Crippen molar-refractivity contribution in [2.24, 2.45) is 11.7 Å². The Hall–Kier alpha value is -0.0800. The molecule has 94 valence electrons. The van der Waals surface area contributed by atoms with Gasteiger partial charge in [0, 0.05) is 18.1 Å². The van der Waals surface area contributed by atoms with E-state index in [-0.39, 0.29) is 0 Å². The van der Waals surface area contributed by atoms with Gasteiger partial charge in [0.2, 0.25) is 0 Å². The Morgan fingerprint density at radius 2 is 1.75 bits per heavy atom. The van der Waals surface area contributed by atoms with Crippen LogP contribution in [0.2, 0.25) is 0 Å². The SMILES string of the molecule is CCCN(C1CCC(N)CC1)C(C)C1CC1. The molecule has 2 nitrogen and oxygen atoms in total. The Labute approximate surface area is 101 Å². The molecule has 0 saturated heterocycles. The molecule has 2 aliphatic carbocycles. The zero-order chi connectivity index (χ0) is 11.5. The molecule has 0 aromatic heterocycles. The minimum atomic E-state index is 0.482. The van der Waals surface area contributed by atoms with Gasteiger partial charge in [-0.2, -0.15) is 0 Å². The van der Waals surface area contributed by atoms with E-state index in [4.69, 9.17) is 5.73 Å². The molecule has 16 heavy (non-hydrogen) atoms. The van der Waals surface area contributed by atoms with Crippen LogP contribution in [0.5, 0.6) is 0 Å². The van der Waals surface area contributed by atoms with Crippen LogP contribution in [0.3, 0.4) is 0 Å².